The molecule has 0 unspecified atom stereocenters. The Hall–Kier alpha value is 0.150. The normalized spacial score (nSPS) is 13.9. The van der Waals surface area contributed by atoms with Gasteiger partial charge in [-0.05, 0) is 36.3 Å². The number of halogens is 1. The van der Waals surface area contributed by atoms with Gasteiger partial charge < -0.3 is 4.99 Å². The lowest BCUT2D eigenvalue weighted by Gasteiger charge is -2.34. The maximum atomic E-state index is 4.06. The van der Waals surface area contributed by atoms with E-state index in [-0.39, 0.29) is 0 Å². The van der Waals surface area contributed by atoms with Gasteiger partial charge in [0.05, 0.1) is 0 Å². The highest BCUT2D eigenvalue weighted by Crippen LogP contribution is 2.38. The van der Waals surface area contributed by atoms with Crippen LogP contribution in [-0.2, 0) is 0 Å². The molecule has 0 radical (unpaired) electrons. The lowest BCUT2D eigenvalue weighted by Crippen LogP contribution is -2.24. The quantitative estimate of drug-likeness (QED) is 0.499. The monoisotopic (exact) mass is 261 g/mol. The van der Waals surface area contributed by atoms with Crippen LogP contribution in [0.5, 0.6) is 0 Å². The van der Waals surface area contributed by atoms with Crippen molar-refractivity contribution in [2.45, 2.75) is 47.0 Å². The fraction of sp³-hybridized carbons (Fsp3) is 0.917. The van der Waals surface area contributed by atoms with Crippen LogP contribution in [0.2, 0.25) is 0 Å². The molecule has 0 N–H and O–H groups in total. The topological polar surface area (TPSA) is 12.4 Å². The molecule has 1 nitrogen and oxygen atoms in total. The summed E-state index contributed by atoms with van der Waals surface area (Å²) in [6.45, 7) is 9.34. The van der Waals surface area contributed by atoms with Gasteiger partial charge in [0, 0.05) is 12.4 Å². The van der Waals surface area contributed by atoms with Crippen LogP contribution in [0.25, 0.3) is 0 Å². The largest absolute Gasteiger partial charge is 0.301 e. The van der Waals surface area contributed by atoms with Crippen LogP contribution in [0.4, 0.5) is 0 Å². The SMILES string of the molecule is CN=CCC(C)(C)CC(C)(C)CCBr. The van der Waals surface area contributed by atoms with Gasteiger partial charge in [-0.2, -0.15) is 0 Å². The zero-order valence-corrected chi connectivity index (χ0v) is 11.8. The van der Waals surface area contributed by atoms with Crippen LogP contribution in [0, 0.1) is 10.8 Å². The Morgan fingerprint density at radius 3 is 2.14 bits per heavy atom. The third-order valence-electron chi connectivity index (χ3n) is 2.55. The molecule has 0 aromatic carbocycles. The van der Waals surface area contributed by atoms with Crippen molar-refractivity contribution in [2.24, 2.45) is 15.8 Å². The summed E-state index contributed by atoms with van der Waals surface area (Å²) >= 11 is 3.52. The van der Waals surface area contributed by atoms with Crippen molar-refractivity contribution in [3.05, 3.63) is 0 Å². The van der Waals surface area contributed by atoms with E-state index in [0.29, 0.717) is 10.8 Å². The van der Waals surface area contributed by atoms with E-state index >= 15 is 0 Å². The molecule has 0 aromatic rings. The van der Waals surface area contributed by atoms with Crippen LogP contribution in [0.15, 0.2) is 4.99 Å². The molecule has 0 saturated heterocycles. The molecule has 0 amide bonds. The minimum absolute atomic E-state index is 0.366. The lowest BCUT2D eigenvalue weighted by molar-refractivity contribution is 0.197. The van der Waals surface area contributed by atoms with Crippen LogP contribution in [0.1, 0.15) is 47.0 Å². The molecule has 0 spiro atoms. The molecule has 0 aliphatic rings. The third kappa shape index (κ3) is 6.58. The van der Waals surface area contributed by atoms with Gasteiger partial charge >= 0.3 is 0 Å². The molecule has 14 heavy (non-hydrogen) atoms. The summed E-state index contributed by atoms with van der Waals surface area (Å²) in [5, 5.41) is 1.10. The fourth-order valence-corrected chi connectivity index (χ4v) is 3.12. The number of hydrogen-bond acceptors (Lipinski definition) is 1. The zero-order valence-electron chi connectivity index (χ0n) is 10.2. The maximum Gasteiger partial charge on any atom is 0.0273 e. The first-order chi connectivity index (χ1) is 6.33. The van der Waals surface area contributed by atoms with Crippen LogP contribution in [0.3, 0.4) is 0 Å². The Morgan fingerprint density at radius 1 is 1.14 bits per heavy atom. The molecule has 0 aromatic heterocycles. The van der Waals surface area contributed by atoms with Crippen molar-refractivity contribution in [2.75, 3.05) is 12.4 Å². The Labute approximate surface area is 97.5 Å². The molecule has 84 valence electrons. The first-order valence-electron chi connectivity index (χ1n) is 5.30. The summed E-state index contributed by atoms with van der Waals surface area (Å²) in [7, 11) is 1.85. The second-order valence-electron chi connectivity index (χ2n) is 5.59. The van der Waals surface area contributed by atoms with E-state index in [2.05, 4.69) is 48.6 Å². The first-order valence-corrected chi connectivity index (χ1v) is 6.42. The van der Waals surface area contributed by atoms with Gasteiger partial charge in [-0.15, -0.1) is 0 Å². The molecule has 0 atom stereocenters. The smallest absolute Gasteiger partial charge is 0.0273 e. The molecule has 0 bridgehead atoms. The van der Waals surface area contributed by atoms with Crippen molar-refractivity contribution in [3.63, 3.8) is 0 Å². The minimum Gasteiger partial charge on any atom is -0.301 e. The van der Waals surface area contributed by atoms with Crippen molar-refractivity contribution in [3.8, 4) is 0 Å². The van der Waals surface area contributed by atoms with E-state index in [1.165, 1.54) is 12.8 Å². The second kappa shape index (κ2) is 5.89. The van der Waals surface area contributed by atoms with Gasteiger partial charge in [0.15, 0.2) is 0 Å². The molecular weight excluding hydrogens is 238 g/mol. The second-order valence-corrected chi connectivity index (χ2v) is 6.38. The highest BCUT2D eigenvalue weighted by atomic mass is 79.9. The van der Waals surface area contributed by atoms with Crippen molar-refractivity contribution < 1.29 is 0 Å². The standard InChI is InChI=1S/C12H24BrN/c1-11(2,6-8-13)10-12(3,4)7-9-14-5/h9H,6-8,10H2,1-5H3. The number of hydrogen-bond donors (Lipinski definition) is 0. The van der Waals surface area contributed by atoms with Gasteiger partial charge in [0.25, 0.3) is 0 Å². The summed E-state index contributed by atoms with van der Waals surface area (Å²) in [4.78, 5) is 4.06. The molecule has 0 heterocycles. The third-order valence-corrected chi connectivity index (χ3v) is 2.95. The molecule has 0 rings (SSSR count). The summed E-state index contributed by atoms with van der Waals surface area (Å²) in [5.74, 6) is 0. The number of nitrogens with zero attached hydrogens (tertiary/aromatic N) is 1. The van der Waals surface area contributed by atoms with Crippen LogP contribution >= 0.6 is 15.9 Å². The van der Waals surface area contributed by atoms with Gasteiger partial charge in [-0.3, -0.25) is 0 Å². The van der Waals surface area contributed by atoms with Crippen molar-refractivity contribution in [1.29, 1.82) is 0 Å². The van der Waals surface area contributed by atoms with Gasteiger partial charge in [-0.1, -0.05) is 43.6 Å². The van der Waals surface area contributed by atoms with E-state index in [1.54, 1.807) is 0 Å². The predicted octanol–water partition coefficient (Wildman–Crippen LogP) is 4.30. The summed E-state index contributed by atoms with van der Waals surface area (Å²) in [6, 6.07) is 0. The number of alkyl halides is 1. The summed E-state index contributed by atoms with van der Waals surface area (Å²) in [6.07, 6.45) is 5.59. The van der Waals surface area contributed by atoms with E-state index in [1.807, 2.05) is 13.3 Å². The molecule has 0 aliphatic heterocycles. The average Bonchev–Trinajstić information content (AvgIpc) is 1.98. The molecule has 0 saturated carbocycles. The van der Waals surface area contributed by atoms with E-state index in [4.69, 9.17) is 0 Å². The first kappa shape index (κ1) is 14.2. The Balaban J connectivity index is 4.18. The minimum atomic E-state index is 0.366. The summed E-state index contributed by atoms with van der Waals surface area (Å²) in [5.41, 5.74) is 0.791. The van der Waals surface area contributed by atoms with Crippen molar-refractivity contribution in [1.82, 2.24) is 0 Å². The molecule has 0 aliphatic carbocycles. The van der Waals surface area contributed by atoms with Crippen LogP contribution in [-0.4, -0.2) is 18.6 Å². The Kier molecular flexibility index (Phi) is 5.96. The Bertz CT molecular complexity index is 183. The van der Waals surface area contributed by atoms with Crippen LogP contribution < -0.4 is 0 Å². The molecule has 2 heteroatoms. The number of aliphatic imine (C=N–C) groups is 1. The lowest BCUT2D eigenvalue weighted by atomic mass is 9.72. The average molecular weight is 262 g/mol. The van der Waals surface area contributed by atoms with Gasteiger partial charge in [-0.25, -0.2) is 0 Å². The van der Waals surface area contributed by atoms with E-state index < -0.39 is 0 Å². The summed E-state index contributed by atoms with van der Waals surface area (Å²) < 4.78 is 0. The van der Waals surface area contributed by atoms with Gasteiger partial charge in [0.2, 0.25) is 0 Å². The molecule has 0 fully saturated rings. The van der Waals surface area contributed by atoms with E-state index in [9.17, 15) is 0 Å². The van der Waals surface area contributed by atoms with E-state index in [0.717, 1.165) is 11.8 Å². The Morgan fingerprint density at radius 2 is 1.71 bits per heavy atom. The highest BCUT2D eigenvalue weighted by Gasteiger charge is 2.27. The predicted molar refractivity (Wildman–Crippen MR) is 69.6 cm³/mol. The number of rotatable bonds is 6. The van der Waals surface area contributed by atoms with Crippen molar-refractivity contribution >= 4 is 22.1 Å². The zero-order chi connectivity index (χ0) is 11.2. The van der Waals surface area contributed by atoms with Gasteiger partial charge in [0.1, 0.15) is 0 Å². The molecular formula is C12H24BrN. The fourth-order valence-electron chi connectivity index (χ4n) is 2.05. The highest BCUT2D eigenvalue weighted by molar-refractivity contribution is 9.09. The maximum absolute atomic E-state index is 4.06.